The predicted octanol–water partition coefficient (Wildman–Crippen LogP) is 2.00. The first-order valence-electron chi connectivity index (χ1n) is 3.10. The number of pyridine rings is 1. The average Bonchev–Trinajstić information content (AvgIpc) is 2.05. The first kappa shape index (κ1) is 6.81. The van der Waals surface area contributed by atoms with E-state index < -0.39 is 0 Å². The Labute approximate surface area is 59.9 Å². The second-order valence-corrected chi connectivity index (χ2v) is 1.92. The van der Waals surface area contributed by atoms with Crippen molar-refractivity contribution in [3.63, 3.8) is 0 Å². The summed E-state index contributed by atoms with van der Waals surface area (Å²) in [5.41, 5.74) is 0.755. The SMILES string of the molecule is C/C=C(/O)c1cccnc1. The molecule has 0 saturated heterocycles. The minimum absolute atomic E-state index is 0.271. The monoisotopic (exact) mass is 135 g/mol. The second-order valence-electron chi connectivity index (χ2n) is 1.92. The standard InChI is InChI=1S/C8H9NO/c1-2-8(10)7-4-3-5-9-6-7/h2-6,10H,1H3/b8-2+. The van der Waals surface area contributed by atoms with Gasteiger partial charge in [0.05, 0.1) is 0 Å². The maximum atomic E-state index is 9.15. The number of aliphatic hydroxyl groups excluding tert-OH is 1. The van der Waals surface area contributed by atoms with Gasteiger partial charge in [0.25, 0.3) is 0 Å². The summed E-state index contributed by atoms with van der Waals surface area (Å²) in [7, 11) is 0. The maximum Gasteiger partial charge on any atom is 0.120 e. The third-order valence-electron chi connectivity index (χ3n) is 1.23. The summed E-state index contributed by atoms with van der Waals surface area (Å²) in [5, 5.41) is 9.15. The Kier molecular flexibility index (Phi) is 2.05. The van der Waals surface area contributed by atoms with Crippen LogP contribution in [0, 0.1) is 0 Å². The summed E-state index contributed by atoms with van der Waals surface area (Å²) in [4.78, 5) is 3.85. The largest absolute Gasteiger partial charge is 0.508 e. The zero-order valence-electron chi connectivity index (χ0n) is 5.78. The van der Waals surface area contributed by atoms with Gasteiger partial charge in [0.2, 0.25) is 0 Å². The van der Waals surface area contributed by atoms with Crippen molar-refractivity contribution in [2.75, 3.05) is 0 Å². The highest BCUT2D eigenvalue weighted by molar-refractivity contribution is 5.56. The Bertz CT molecular complexity index is 228. The van der Waals surface area contributed by atoms with Crippen LogP contribution in [0.5, 0.6) is 0 Å². The third-order valence-corrected chi connectivity index (χ3v) is 1.23. The molecule has 0 aliphatic carbocycles. The van der Waals surface area contributed by atoms with Gasteiger partial charge in [0.15, 0.2) is 0 Å². The Morgan fingerprint density at radius 2 is 2.50 bits per heavy atom. The fourth-order valence-electron chi connectivity index (χ4n) is 0.681. The van der Waals surface area contributed by atoms with Gasteiger partial charge in [-0.3, -0.25) is 4.98 Å². The second kappa shape index (κ2) is 3.01. The number of aliphatic hydroxyl groups is 1. The highest BCUT2D eigenvalue weighted by Crippen LogP contribution is 2.07. The summed E-state index contributed by atoms with van der Waals surface area (Å²) in [6.45, 7) is 1.78. The van der Waals surface area contributed by atoms with Crippen LogP contribution in [0.2, 0.25) is 0 Å². The summed E-state index contributed by atoms with van der Waals surface area (Å²) in [5.74, 6) is 0.271. The molecule has 0 saturated carbocycles. The maximum absolute atomic E-state index is 9.15. The lowest BCUT2D eigenvalue weighted by atomic mass is 10.2. The molecule has 1 aromatic heterocycles. The molecule has 1 heterocycles. The molecule has 0 aliphatic rings. The van der Waals surface area contributed by atoms with Crippen LogP contribution in [-0.2, 0) is 0 Å². The molecule has 1 rings (SSSR count). The van der Waals surface area contributed by atoms with Gasteiger partial charge in [-0.25, -0.2) is 0 Å². The van der Waals surface area contributed by atoms with Crippen molar-refractivity contribution in [1.29, 1.82) is 0 Å². The van der Waals surface area contributed by atoms with Crippen LogP contribution in [0.15, 0.2) is 30.6 Å². The fourth-order valence-corrected chi connectivity index (χ4v) is 0.681. The van der Waals surface area contributed by atoms with E-state index in [4.69, 9.17) is 5.11 Å². The van der Waals surface area contributed by atoms with Crippen molar-refractivity contribution in [2.45, 2.75) is 6.92 Å². The van der Waals surface area contributed by atoms with Crippen LogP contribution < -0.4 is 0 Å². The van der Waals surface area contributed by atoms with Gasteiger partial charge in [0, 0.05) is 18.0 Å². The quantitative estimate of drug-likeness (QED) is 0.597. The van der Waals surface area contributed by atoms with Crippen molar-refractivity contribution in [1.82, 2.24) is 4.98 Å². The van der Waals surface area contributed by atoms with Gasteiger partial charge in [-0.15, -0.1) is 0 Å². The lowest BCUT2D eigenvalue weighted by molar-refractivity contribution is 0.510. The van der Waals surface area contributed by atoms with Gasteiger partial charge in [0.1, 0.15) is 5.76 Å². The Morgan fingerprint density at radius 1 is 1.70 bits per heavy atom. The molecule has 0 fully saturated rings. The molecule has 52 valence electrons. The first-order valence-corrected chi connectivity index (χ1v) is 3.10. The molecule has 0 spiro atoms. The number of allylic oxidation sites excluding steroid dienone is 1. The van der Waals surface area contributed by atoms with E-state index in [9.17, 15) is 0 Å². The van der Waals surface area contributed by atoms with Crippen LogP contribution >= 0.6 is 0 Å². The van der Waals surface area contributed by atoms with E-state index in [1.54, 1.807) is 31.5 Å². The van der Waals surface area contributed by atoms with Crippen molar-refractivity contribution in [3.05, 3.63) is 36.2 Å². The van der Waals surface area contributed by atoms with E-state index in [-0.39, 0.29) is 5.76 Å². The summed E-state index contributed by atoms with van der Waals surface area (Å²) >= 11 is 0. The van der Waals surface area contributed by atoms with Crippen molar-refractivity contribution in [2.24, 2.45) is 0 Å². The lowest BCUT2D eigenvalue weighted by Crippen LogP contribution is -1.81. The van der Waals surface area contributed by atoms with Crippen LogP contribution in [0.3, 0.4) is 0 Å². The van der Waals surface area contributed by atoms with Crippen LogP contribution in [0.1, 0.15) is 12.5 Å². The molecule has 10 heavy (non-hydrogen) atoms. The van der Waals surface area contributed by atoms with Crippen LogP contribution in [-0.4, -0.2) is 10.1 Å². The van der Waals surface area contributed by atoms with Gasteiger partial charge >= 0.3 is 0 Å². The van der Waals surface area contributed by atoms with E-state index in [0.29, 0.717) is 0 Å². The highest BCUT2D eigenvalue weighted by atomic mass is 16.3. The lowest BCUT2D eigenvalue weighted by Gasteiger charge is -1.95. The topological polar surface area (TPSA) is 33.1 Å². The molecule has 0 aromatic carbocycles. The Hall–Kier alpha value is -1.31. The fraction of sp³-hybridized carbons (Fsp3) is 0.125. The van der Waals surface area contributed by atoms with E-state index in [2.05, 4.69) is 4.98 Å². The number of aromatic nitrogens is 1. The van der Waals surface area contributed by atoms with Crippen molar-refractivity contribution in [3.8, 4) is 0 Å². The minimum Gasteiger partial charge on any atom is -0.508 e. The molecule has 2 nitrogen and oxygen atoms in total. The van der Waals surface area contributed by atoms with Crippen molar-refractivity contribution >= 4 is 5.76 Å². The molecule has 0 bridgehead atoms. The van der Waals surface area contributed by atoms with E-state index in [0.717, 1.165) is 5.56 Å². The smallest absolute Gasteiger partial charge is 0.120 e. The van der Waals surface area contributed by atoms with Gasteiger partial charge < -0.3 is 5.11 Å². The molecule has 0 amide bonds. The number of hydrogen-bond donors (Lipinski definition) is 1. The molecular formula is C8H9NO. The van der Waals surface area contributed by atoms with E-state index in [1.807, 2.05) is 6.07 Å². The van der Waals surface area contributed by atoms with Gasteiger partial charge in [-0.2, -0.15) is 0 Å². The molecular weight excluding hydrogens is 126 g/mol. The molecule has 0 unspecified atom stereocenters. The normalized spacial score (nSPS) is 11.5. The molecule has 0 radical (unpaired) electrons. The summed E-state index contributed by atoms with van der Waals surface area (Å²) in [6, 6.07) is 3.59. The zero-order chi connectivity index (χ0) is 7.40. The Morgan fingerprint density at radius 3 is 3.00 bits per heavy atom. The highest BCUT2D eigenvalue weighted by Gasteiger charge is 1.92. The molecule has 0 aliphatic heterocycles. The zero-order valence-corrected chi connectivity index (χ0v) is 5.78. The van der Waals surface area contributed by atoms with Gasteiger partial charge in [-0.1, -0.05) is 0 Å². The minimum atomic E-state index is 0.271. The average molecular weight is 135 g/mol. The first-order chi connectivity index (χ1) is 4.84. The van der Waals surface area contributed by atoms with Gasteiger partial charge in [-0.05, 0) is 25.1 Å². The molecule has 1 aromatic rings. The number of hydrogen-bond acceptors (Lipinski definition) is 2. The Balaban J connectivity index is 2.96. The predicted molar refractivity (Wildman–Crippen MR) is 40.5 cm³/mol. The summed E-state index contributed by atoms with van der Waals surface area (Å²) in [6.07, 6.45) is 4.93. The van der Waals surface area contributed by atoms with E-state index >= 15 is 0 Å². The van der Waals surface area contributed by atoms with Crippen LogP contribution in [0.25, 0.3) is 5.76 Å². The summed E-state index contributed by atoms with van der Waals surface area (Å²) < 4.78 is 0. The number of rotatable bonds is 1. The molecule has 1 N–H and O–H groups in total. The van der Waals surface area contributed by atoms with E-state index in [1.165, 1.54) is 0 Å². The van der Waals surface area contributed by atoms with Crippen LogP contribution in [0.4, 0.5) is 0 Å². The molecule has 0 atom stereocenters. The molecule has 2 heteroatoms. The third kappa shape index (κ3) is 1.35. The van der Waals surface area contributed by atoms with Crippen molar-refractivity contribution < 1.29 is 5.11 Å². The number of nitrogens with zero attached hydrogens (tertiary/aromatic N) is 1.